The van der Waals surface area contributed by atoms with Gasteiger partial charge in [-0.25, -0.2) is 4.39 Å². The van der Waals surface area contributed by atoms with Crippen LogP contribution in [0.3, 0.4) is 0 Å². The lowest BCUT2D eigenvalue weighted by Gasteiger charge is -2.32. The van der Waals surface area contributed by atoms with Crippen molar-refractivity contribution < 1.29 is 9.18 Å². The number of hydrogen-bond donors (Lipinski definition) is 1. The van der Waals surface area contributed by atoms with Crippen LogP contribution in [0.15, 0.2) is 65.5 Å². The van der Waals surface area contributed by atoms with Crippen molar-refractivity contribution >= 4 is 11.7 Å². The van der Waals surface area contributed by atoms with Crippen molar-refractivity contribution in [2.45, 2.75) is 32.7 Å². The highest BCUT2D eigenvalue weighted by Crippen LogP contribution is 2.22. The zero-order chi connectivity index (χ0) is 22.5. The molecule has 6 nitrogen and oxygen atoms in total. The summed E-state index contributed by atoms with van der Waals surface area (Å²) < 4.78 is 14.8. The summed E-state index contributed by atoms with van der Waals surface area (Å²) in [7, 11) is 0. The molecule has 2 aromatic carbocycles. The van der Waals surface area contributed by atoms with Crippen LogP contribution in [0.2, 0.25) is 0 Å². The molecular formula is C25H27FN4O2. The molecule has 0 atom stereocenters. The lowest BCUT2D eigenvalue weighted by atomic mass is 9.96. The summed E-state index contributed by atoms with van der Waals surface area (Å²) in [6.07, 6.45) is 2.42. The largest absolute Gasteiger partial charge is 0.355 e. The van der Waals surface area contributed by atoms with Gasteiger partial charge in [-0.3, -0.25) is 9.59 Å². The van der Waals surface area contributed by atoms with Crippen LogP contribution in [-0.2, 0) is 17.8 Å². The van der Waals surface area contributed by atoms with E-state index in [2.05, 4.69) is 46.5 Å². The van der Waals surface area contributed by atoms with E-state index in [4.69, 9.17) is 0 Å². The topological polar surface area (TPSA) is 67.2 Å². The number of piperidine rings is 1. The Kier molecular flexibility index (Phi) is 6.63. The molecule has 3 aromatic rings. The van der Waals surface area contributed by atoms with Crippen molar-refractivity contribution in [3.63, 3.8) is 0 Å². The zero-order valence-electron chi connectivity index (χ0n) is 18.1. The van der Waals surface area contributed by atoms with Crippen molar-refractivity contribution in [1.29, 1.82) is 0 Å². The molecule has 166 valence electrons. The normalized spacial score (nSPS) is 14.4. The minimum absolute atomic E-state index is 0.0460. The second kappa shape index (κ2) is 9.77. The van der Waals surface area contributed by atoms with E-state index in [0.717, 1.165) is 12.0 Å². The molecule has 0 aliphatic carbocycles. The number of carbonyl (C=O) groups excluding carboxylic acids is 1. The van der Waals surface area contributed by atoms with Crippen LogP contribution in [0.5, 0.6) is 0 Å². The van der Waals surface area contributed by atoms with E-state index in [0.29, 0.717) is 44.0 Å². The fourth-order valence-electron chi connectivity index (χ4n) is 3.96. The molecule has 1 aliphatic heterocycles. The summed E-state index contributed by atoms with van der Waals surface area (Å²) in [5, 5.41) is 7.48. The van der Waals surface area contributed by atoms with Gasteiger partial charge in [0, 0.05) is 31.6 Å². The standard InChI is InChI=1S/C25H27FN4O2/c1-2-18-6-8-19(9-7-18)17-27-25(32)20-12-14-29(15-13-20)23-10-11-24(31)30(28-23)22-5-3-4-21(26)16-22/h3-11,16,20H,2,12-15,17H2,1H3,(H,27,32). The first kappa shape index (κ1) is 21.7. The average Bonchev–Trinajstić information content (AvgIpc) is 2.83. The van der Waals surface area contributed by atoms with Gasteiger partial charge in [0.2, 0.25) is 5.91 Å². The number of rotatable bonds is 6. The zero-order valence-corrected chi connectivity index (χ0v) is 18.1. The number of aromatic nitrogens is 2. The van der Waals surface area contributed by atoms with Crippen molar-refractivity contribution in [1.82, 2.24) is 15.1 Å². The minimum atomic E-state index is -0.422. The molecule has 1 N–H and O–H groups in total. The van der Waals surface area contributed by atoms with E-state index < -0.39 is 5.82 Å². The molecule has 4 rings (SSSR count). The molecule has 1 aromatic heterocycles. The number of halogens is 1. The van der Waals surface area contributed by atoms with Crippen LogP contribution in [0.25, 0.3) is 5.69 Å². The Morgan fingerprint density at radius 1 is 1.06 bits per heavy atom. The van der Waals surface area contributed by atoms with E-state index in [9.17, 15) is 14.0 Å². The Hall–Kier alpha value is -3.48. The van der Waals surface area contributed by atoms with Gasteiger partial charge in [-0.05, 0) is 54.7 Å². The molecule has 7 heteroatoms. The number of nitrogens with zero attached hydrogens (tertiary/aromatic N) is 3. The number of benzene rings is 2. The maximum absolute atomic E-state index is 13.6. The first-order chi connectivity index (χ1) is 15.5. The monoisotopic (exact) mass is 434 g/mol. The van der Waals surface area contributed by atoms with Crippen molar-refractivity contribution in [3.8, 4) is 5.69 Å². The van der Waals surface area contributed by atoms with Crippen molar-refractivity contribution in [3.05, 3.63) is 88.0 Å². The van der Waals surface area contributed by atoms with Gasteiger partial charge in [-0.1, -0.05) is 37.3 Å². The maximum atomic E-state index is 13.6. The lowest BCUT2D eigenvalue weighted by Crippen LogP contribution is -2.41. The van der Waals surface area contributed by atoms with Crippen LogP contribution in [0, 0.1) is 11.7 Å². The van der Waals surface area contributed by atoms with Crippen LogP contribution in [0.4, 0.5) is 10.2 Å². The van der Waals surface area contributed by atoms with Gasteiger partial charge in [-0.15, -0.1) is 5.10 Å². The first-order valence-electron chi connectivity index (χ1n) is 11.0. The van der Waals surface area contributed by atoms with Crippen molar-refractivity contribution in [2.24, 2.45) is 5.92 Å². The van der Waals surface area contributed by atoms with Gasteiger partial charge >= 0.3 is 0 Å². The van der Waals surface area contributed by atoms with Crippen LogP contribution < -0.4 is 15.8 Å². The number of amides is 1. The lowest BCUT2D eigenvalue weighted by molar-refractivity contribution is -0.125. The number of aryl methyl sites for hydroxylation is 1. The molecule has 1 aliphatic rings. The van der Waals surface area contributed by atoms with E-state index in [-0.39, 0.29) is 17.4 Å². The van der Waals surface area contributed by atoms with E-state index in [1.807, 2.05) is 0 Å². The predicted octanol–water partition coefficient (Wildman–Crippen LogP) is 3.47. The molecule has 1 saturated heterocycles. The molecule has 0 unspecified atom stereocenters. The molecule has 1 amide bonds. The molecule has 0 radical (unpaired) electrons. The fourth-order valence-corrected chi connectivity index (χ4v) is 3.96. The van der Waals surface area contributed by atoms with Gasteiger partial charge in [0.15, 0.2) is 0 Å². The van der Waals surface area contributed by atoms with Crippen LogP contribution in [-0.4, -0.2) is 28.8 Å². The second-order valence-corrected chi connectivity index (χ2v) is 8.07. The Morgan fingerprint density at radius 2 is 1.78 bits per heavy atom. The number of nitrogens with one attached hydrogen (secondary N) is 1. The van der Waals surface area contributed by atoms with Gasteiger partial charge in [0.25, 0.3) is 5.56 Å². The second-order valence-electron chi connectivity index (χ2n) is 8.07. The highest BCUT2D eigenvalue weighted by atomic mass is 19.1. The first-order valence-corrected chi connectivity index (χ1v) is 11.0. The Balaban J connectivity index is 1.35. The van der Waals surface area contributed by atoms with Crippen LogP contribution in [0.1, 0.15) is 30.9 Å². The number of hydrogen-bond acceptors (Lipinski definition) is 4. The third-order valence-electron chi connectivity index (χ3n) is 5.93. The number of carbonyl (C=O) groups is 1. The Morgan fingerprint density at radius 3 is 2.47 bits per heavy atom. The Labute approximate surface area is 186 Å². The minimum Gasteiger partial charge on any atom is -0.355 e. The van der Waals surface area contributed by atoms with Gasteiger partial charge in [0.1, 0.15) is 11.6 Å². The van der Waals surface area contributed by atoms with E-state index in [1.165, 1.54) is 28.4 Å². The summed E-state index contributed by atoms with van der Waals surface area (Å²) in [5.41, 5.74) is 2.44. The molecule has 0 bridgehead atoms. The molecule has 32 heavy (non-hydrogen) atoms. The highest BCUT2D eigenvalue weighted by molar-refractivity contribution is 5.79. The van der Waals surface area contributed by atoms with Crippen LogP contribution >= 0.6 is 0 Å². The fraction of sp³-hybridized carbons (Fsp3) is 0.320. The SMILES string of the molecule is CCc1ccc(CNC(=O)C2CCN(c3ccc(=O)n(-c4cccc(F)c4)n3)CC2)cc1. The molecule has 0 saturated carbocycles. The summed E-state index contributed by atoms with van der Waals surface area (Å²) in [6, 6.07) is 17.2. The number of anilines is 1. The summed E-state index contributed by atoms with van der Waals surface area (Å²) in [5.74, 6) is 0.246. The van der Waals surface area contributed by atoms with Crippen molar-refractivity contribution in [2.75, 3.05) is 18.0 Å². The van der Waals surface area contributed by atoms with E-state index >= 15 is 0 Å². The molecule has 2 heterocycles. The highest BCUT2D eigenvalue weighted by Gasteiger charge is 2.25. The summed E-state index contributed by atoms with van der Waals surface area (Å²) >= 11 is 0. The third kappa shape index (κ3) is 5.04. The van der Waals surface area contributed by atoms with Gasteiger partial charge in [0.05, 0.1) is 5.69 Å². The van der Waals surface area contributed by atoms with Gasteiger partial charge < -0.3 is 10.2 Å². The van der Waals surface area contributed by atoms with Gasteiger partial charge in [-0.2, -0.15) is 4.68 Å². The average molecular weight is 435 g/mol. The third-order valence-corrected chi connectivity index (χ3v) is 5.93. The van der Waals surface area contributed by atoms with E-state index in [1.54, 1.807) is 18.2 Å². The molecule has 1 fully saturated rings. The quantitative estimate of drug-likeness (QED) is 0.645. The smallest absolute Gasteiger partial charge is 0.271 e. The molecular weight excluding hydrogens is 407 g/mol. The summed E-state index contributed by atoms with van der Waals surface area (Å²) in [6.45, 7) is 3.98. The molecule has 0 spiro atoms. The Bertz CT molecular complexity index is 1140. The predicted molar refractivity (Wildman–Crippen MR) is 122 cm³/mol. The summed E-state index contributed by atoms with van der Waals surface area (Å²) in [4.78, 5) is 26.9. The maximum Gasteiger partial charge on any atom is 0.271 e.